The smallest absolute Gasteiger partial charge is 0.387 e. The summed E-state index contributed by atoms with van der Waals surface area (Å²) in [7, 11) is 1.65. The van der Waals surface area contributed by atoms with E-state index >= 15 is 0 Å². The average Bonchev–Trinajstić information content (AvgIpc) is 3.04. The minimum absolute atomic E-state index is 0.0840. The fourth-order valence-electron chi connectivity index (χ4n) is 2.24. The number of halogens is 3. The SMILES string of the molecule is CN=c1scc(-c2ccc(OC(F)F)cc2)n1N=Cc1ccc(F)cc1. The molecule has 4 nitrogen and oxygen atoms in total. The Hall–Kier alpha value is -2.87. The van der Waals surface area contributed by atoms with E-state index in [1.807, 2.05) is 5.38 Å². The maximum Gasteiger partial charge on any atom is 0.387 e. The largest absolute Gasteiger partial charge is 0.435 e. The molecule has 0 aliphatic rings. The normalized spacial score (nSPS) is 12.3. The zero-order valence-electron chi connectivity index (χ0n) is 13.6. The number of alkyl halides is 2. The van der Waals surface area contributed by atoms with Crippen molar-refractivity contribution in [3.8, 4) is 17.0 Å². The molecule has 3 rings (SSSR count). The lowest BCUT2D eigenvalue weighted by Crippen LogP contribution is -2.11. The van der Waals surface area contributed by atoms with E-state index < -0.39 is 6.61 Å². The molecule has 0 saturated heterocycles. The second-order valence-corrected chi connectivity index (χ2v) is 5.97. The van der Waals surface area contributed by atoms with E-state index in [-0.39, 0.29) is 11.6 Å². The van der Waals surface area contributed by atoms with Gasteiger partial charge in [0, 0.05) is 18.0 Å². The number of rotatable bonds is 5. The second-order valence-electron chi connectivity index (χ2n) is 5.14. The maximum atomic E-state index is 13.0. The third kappa shape index (κ3) is 4.20. The Labute approximate surface area is 151 Å². The van der Waals surface area contributed by atoms with Gasteiger partial charge in [0.2, 0.25) is 4.80 Å². The molecule has 0 fully saturated rings. The number of thiazole rings is 1. The Kier molecular flexibility index (Phi) is 5.52. The lowest BCUT2D eigenvalue weighted by molar-refractivity contribution is -0.0498. The van der Waals surface area contributed by atoms with Crippen molar-refractivity contribution in [3.05, 3.63) is 70.1 Å². The molecule has 0 radical (unpaired) electrons. The monoisotopic (exact) mass is 377 g/mol. The molecule has 0 atom stereocenters. The fraction of sp³-hybridized carbons (Fsp3) is 0.111. The summed E-state index contributed by atoms with van der Waals surface area (Å²) in [5.74, 6) is -0.234. The highest BCUT2D eigenvalue weighted by Gasteiger charge is 2.09. The van der Waals surface area contributed by atoms with Gasteiger partial charge >= 0.3 is 6.61 Å². The van der Waals surface area contributed by atoms with Gasteiger partial charge in [0.1, 0.15) is 11.6 Å². The summed E-state index contributed by atoms with van der Waals surface area (Å²) >= 11 is 1.39. The van der Waals surface area contributed by atoms with Crippen molar-refractivity contribution in [2.45, 2.75) is 6.61 Å². The topological polar surface area (TPSA) is 38.9 Å². The summed E-state index contributed by atoms with van der Waals surface area (Å²) in [6.45, 7) is -2.86. The number of nitrogens with zero attached hydrogens (tertiary/aromatic N) is 3. The molecule has 0 aliphatic heterocycles. The van der Waals surface area contributed by atoms with Crippen LogP contribution in [0.4, 0.5) is 13.2 Å². The molecule has 1 heterocycles. The van der Waals surface area contributed by atoms with Gasteiger partial charge in [-0.25, -0.2) is 9.07 Å². The van der Waals surface area contributed by atoms with Crippen LogP contribution in [0.1, 0.15) is 5.56 Å². The van der Waals surface area contributed by atoms with Crippen molar-refractivity contribution in [2.24, 2.45) is 10.1 Å². The number of hydrogen-bond donors (Lipinski definition) is 0. The minimum Gasteiger partial charge on any atom is -0.435 e. The highest BCUT2D eigenvalue weighted by Crippen LogP contribution is 2.24. The summed E-state index contributed by atoms with van der Waals surface area (Å²) < 4.78 is 43.5. The van der Waals surface area contributed by atoms with Gasteiger partial charge in [0.15, 0.2) is 0 Å². The number of aromatic nitrogens is 1. The summed E-state index contributed by atoms with van der Waals surface area (Å²) in [5.41, 5.74) is 2.25. The molecule has 134 valence electrons. The number of ether oxygens (including phenoxy) is 1. The molecule has 2 aromatic carbocycles. The highest BCUT2D eigenvalue weighted by molar-refractivity contribution is 7.07. The predicted molar refractivity (Wildman–Crippen MR) is 95.3 cm³/mol. The van der Waals surface area contributed by atoms with Gasteiger partial charge in [-0.3, -0.25) is 4.99 Å². The first-order valence-corrected chi connectivity index (χ1v) is 8.43. The third-order valence-electron chi connectivity index (χ3n) is 3.44. The van der Waals surface area contributed by atoms with Crippen LogP contribution in [0.15, 0.2) is 64.0 Å². The van der Waals surface area contributed by atoms with Crippen molar-refractivity contribution < 1.29 is 17.9 Å². The van der Waals surface area contributed by atoms with Crippen LogP contribution in [0.5, 0.6) is 5.75 Å². The molecule has 0 unspecified atom stereocenters. The van der Waals surface area contributed by atoms with Crippen LogP contribution in [0.3, 0.4) is 0 Å². The van der Waals surface area contributed by atoms with E-state index in [2.05, 4.69) is 14.8 Å². The molecule has 0 spiro atoms. The van der Waals surface area contributed by atoms with E-state index in [1.54, 1.807) is 42.2 Å². The van der Waals surface area contributed by atoms with Crippen LogP contribution in [0.2, 0.25) is 0 Å². The molecule has 0 aliphatic carbocycles. The van der Waals surface area contributed by atoms with Gasteiger partial charge in [-0.1, -0.05) is 12.1 Å². The molecule has 0 amide bonds. The molecule has 0 saturated carbocycles. The Balaban J connectivity index is 1.94. The standard InChI is InChI=1S/C18H14F3N3OS/c1-22-18-24(23-10-12-2-6-14(19)7-3-12)16(11-26-18)13-4-8-15(9-5-13)25-17(20)21/h2-11,17H,1H3. The number of benzene rings is 2. The van der Waals surface area contributed by atoms with Gasteiger partial charge in [0.05, 0.1) is 11.9 Å². The van der Waals surface area contributed by atoms with Crippen molar-refractivity contribution in [1.82, 2.24) is 4.68 Å². The third-order valence-corrected chi connectivity index (χ3v) is 4.35. The van der Waals surface area contributed by atoms with Crippen LogP contribution >= 0.6 is 11.3 Å². The molecule has 0 N–H and O–H groups in total. The molecular weight excluding hydrogens is 363 g/mol. The van der Waals surface area contributed by atoms with E-state index in [9.17, 15) is 13.2 Å². The second kappa shape index (κ2) is 8.01. The Morgan fingerprint density at radius 2 is 1.77 bits per heavy atom. The Morgan fingerprint density at radius 3 is 2.38 bits per heavy atom. The lowest BCUT2D eigenvalue weighted by atomic mass is 10.2. The first-order chi connectivity index (χ1) is 12.6. The van der Waals surface area contributed by atoms with Gasteiger partial charge in [-0.2, -0.15) is 13.9 Å². The first-order valence-electron chi connectivity index (χ1n) is 7.55. The van der Waals surface area contributed by atoms with Crippen LogP contribution in [0.25, 0.3) is 11.3 Å². The zero-order valence-corrected chi connectivity index (χ0v) is 14.5. The van der Waals surface area contributed by atoms with Crippen LogP contribution in [-0.2, 0) is 0 Å². The van der Waals surface area contributed by atoms with Crippen LogP contribution in [0, 0.1) is 5.82 Å². The summed E-state index contributed by atoms with van der Waals surface area (Å²) in [6.07, 6.45) is 1.60. The Bertz CT molecular complexity index is 961. The quantitative estimate of drug-likeness (QED) is 0.609. The molecule has 26 heavy (non-hydrogen) atoms. The minimum atomic E-state index is -2.86. The molecule has 0 bridgehead atoms. The van der Waals surface area contributed by atoms with Crippen molar-refractivity contribution >= 4 is 17.6 Å². The highest BCUT2D eigenvalue weighted by atomic mass is 32.1. The maximum absolute atomic E-state index is 13.0. The summed E-state index contributed by atoms with van der Waals surface area (Å²) in [5, 5.41) is 6.29. The summed E-state index contributed by atoms with van der Waals surface area (Å²) in [6, 6.07) is 12.2. The Morgan fingerprint density at radius 1 is 1.08 bits per heavy atom. The van der Waals surface area contributed by atoms with Gasteiger partial charge in [0.25, 0.3) is 0 Å². The predicted octanol–water partition coefficient (Wildman–Crippen LogP) is 4.37. The average molecular weight is 377 g/mol. The first kappa shape index (κ1) is 17.9. The fourth-order valence-corrected chi connectivity index (χ4v) is 3.04. The van der Waals surface area contributed by atoms with E-state index in [0.29, 0.717) is 4.80 Å². The van der Waals surface area contributed by atoms with Gasteiger partial charge < -0.3 is 4.74 Å². The van der Waals surface area contributed by atoms with E-state index in [4.69, 9.17) is 0 Å². The van der Waals surface area contributed by atoms with E-state index in [1.165, 1.54) is 35.6 Å². The molecule has 8 heteroatoms. The van der Waals surface area contributed by atoms with Crippen molar-refractivity contribution in [1.29, 1.82) is 0 Å². The summed E-state index contributed by atoms with van der Waals surface area (Å²) in [4.78, 5) is 4.84. The van der Waals surface area contributed by atoms with E-state index in [0.717, 1.165) is 16.8 Å². The van der Waals surface area contributed by atoms with Crippen molar-refractivity contribution in [2.75, 3.05) is 7.05 Å². The van der Waals surface area contributed by atoms with Gasteiger partial charge in [-0.05, 0) is 42.0 Å². The molecule has 3 aromatic rings. The zero-order chi connectivity index (χ0) is 18.5. The van der Waals surface area contributed by atoms with Crippen molar-refractivity contribution in [3.63, 3.8) is 0 Å². The molecular formula is C18H14F3N3OS. The lowest BCUT2D eigenvalue weighted by Gasteiger charge is -2.06. The molecule has 1 aromatic heterocycles. The van der Waals surface area contributed by atoms with Crippen LogP contribution < -0.4 is 9.54 Å². The number of hydrogen-bond acceptors (Lipinski definition) is 4. The van der Waals surface area contributed by atoms with Gasteiger partial charge in [-0.15, -0.1) is 11.3 Å². The van der Waals surface area contributed by atoms with Crippen LogP contribution in [-0.4, -0.2) is 24.5 Å².